The summed E-state index contributed by atoms with van der Waals surface area (Å²) in [6, 6.07) is 0.104. The molecule has 1 aliphatic heterocycles. The zero-order chi connectivity index (χ0) is 12.9. The minimum atomic E-state index is -3.16. The molecule has 1 rings (SSSR count). The Hall–Kier alpha value is -0.330. The van der Waals surface area contributed by atoms with E-state index in [1.54, 1.807) is 0 Å². The first-order chi connectivity index (χ1) is 7.95. The summed E-state index contributed by atoms with van der Waals surface area (Å²) in [6.07, 6.45) is 1.84. The molecule has 1 fully saturated rings. The average molecular weight is 283 g/mol. The van der Waals surface area contributed by atoms with E-state index >= 15 is 0 Å². The fourth-order valence-electron chi connectivity index (χ4n) is 1.93. The Morgan fingerprint density at radius 2 is 2.00 bits per heavy atom. The number of hydrogen-bond acceptors (Lipinski definition) is 3. The van der Waals surface area contributed by atoms with Gasteiger partial charge >= 0.3 is 0 Å². The van der Waals surface area contributed by atoms with E-state index in [9.17, 15) is 13.2 Å². The molecule has 100 valence electrons. The topological polar surface area (TPSA) is 66.5 Å². The number of sulfonamides is 1. The Kier molecular flexibility index (Phi) is 5.69. The lowest BCUT2D eigenvalue weighted by Gasteiger charge is -2.31. The molecule has 0 unspecified atom stereocenters. The molecule has 0 aromatic carbocycles. The van der Waals surface area contributed by atoms with Gasteiger partial charge in [-0.25, -0.2) is 12.7 Å². The third-order valence-corrected chi connectivity index (χ3v) is 5.01. The van der Waals surface area contributed by atoms with Crippen LogP contribution in [0.3, 0.4) is 0 Å². The number of halogens is 1. The molecular formula is C10H19ClN2O3S. The number of nitrogens with zero attached hydrogens (tertiary/aromatic N) is 1. The molecule has 0 aliphatic carbocycles. The van der Waals surface area contributed by atoms with E-state index in [4.69, 9.17) is 11.6 Å². The van der Waals surface area contributed by atoms with E-state index in [1.807, 2.05) is 0 Å². The maximum absolute atomic E-state index is 11.9. The van der Waals surface area contributed by atoms with Crippen LogP contribution in [0.2, 0.25) is 0 Å². The Morgan fingerprint density at radius 3 is 2.47 bits per heavy atom. The molecule has 0 atom stereocenters. The molecule has 0 aromatic heterocycles. The van der Waals surface area contributed by atoms with Crippen LogP contribution in [0.5, 0.6) is 0 Å². The zero-order valence-electron chi connectivity index (χ0n) is 9.99. The van der Waals surface area contributed by atoms with Crippen LogP contribution in [0.15, 0.2) is 0 Å². The molecule has 1 N–H and O–H groups in total. The van der Waals surface area contributed by atoms with Crippen LogP contribution in [0, 0.1) is 0 Å². The van der Waals surface area contributed by atoms with E-state index in [2.05, 4.69) is 5.32 Å². The standard InChI is InChI=1S/C10H19ClN2O3S/c1-9(14)12-10-3-6-13(7-4-10)17(15,16)8-2-5-11/h10H,2-8H2,1H3,(H,12,14). The van der Waals surface area contributed by atoms with Crippen molar-refractivity contribution in [1.82, 2.24) is 9.62 Å². The number of rotatable bonds is 5. The van der Waals surface area contributed by atoms with Crippen LogP contribution in [0.4, 0.5) is 0 Å². The fourth-order valence-corrected chi connectivity index (χ4v) is 3.76. The third-order valence-electron chi connectivity index (χ3n) is 2.79. The van der Waals surface area contributed by atoms with Gasteiger partial charge in [0.1, 0.15) is 0 Å². The summed E-state index contributed by atoms with van der Waals surface area (Å²) in [5, 5.41) is 2.82. The van der Waals surface area contributed by atoms with Crippen molar-refractivity contribution in [2.24, 2.45) is 0 Å². The second-order valence-corrected chi connectivity index (χ2v) is 6.70. The van der Waals surface area contributed by atoms with Crippen LogP contribution in [-0.2, 0) is 14.8 Å². The summed E-state index contributed by atoms with van der Waals surface area (Å²) in [5.74, 6) is 0.413. The van der Waals surface area contributed by atoms with E-state index in [0.29, 0.717) is 38.2 Å². The van der Waals surface area contributed by atoms with Crippen molar-refractivity contribution in [2.75, 3.05) is 24.7 Å². The first kappa shape index (κ1) is 14.7. The number of hydrogen-bond donors (Lipinski definition) is 1. The van der Waals surface area contributed by atoms with Gasteiger partial charge in [-0.1, -0.05) is 0 Å². The Balaban J connectivity index is 2.43. The third kappa shape index (κ3) is 4.81. The average Bonchev–Trinajstić information content (AvgIpc) is 2.26. The van der Waals surface area contributed by atoms with Gasteiger partial charge < -0.3 is 5.32 Å². The molecule has 0 aromatic rings. The molecule has 1 amide bonds. The number of alkyl halides is 1. The van der Waals surface area contributed by atoms with Gasteiger partial charge in [0.2, 0.25) is 15.9 Å². The van der Waals surface area contributed by atoms with E-state index in [-0.39, 0.29) is 17.7 Å². The van der Waals surface area contributed by atoms with Crippen molar-refractivity contribution in [2.45, 2.75) is 32.2 Å². The molecule has 0 saturated carbocycles. The molecule has 1 aliphatic rings. The lowest BCUT2D eigenvalue weighted by atomic mass is 10.1. The lowest BCUT2D eigenvalue weighted by molar-refractivity contribution is -0.119. The first-order valence-electron chi connectivity index (χ1n) is 5.76. The molecule has 1 heterocycles. The lowest BCUT2D eigenvalue weighted by Crippen LogP contribution is -2.46. The molecule has 5 nitrogen and oxygen atoms in total. The van der Waals surface area contributed by atoms with Crippen LogP contribution >= 0.6 is 11.6 Å². The van der Waals surface area contributed by atoms with Crippen molar-refractivity contribution in [3.63, 3.8) is 0 Å². The highest BCUT2D eigenvalue weighted by atomic mass is 35.5. The Bertz CT molecular complexity index is 351. The van der Waals surface area contributed by atoms with Gasteiger partial charge in [-0.15, -0.1) is 11.6 Å². The summed E-state index contributed by atoms with van der Waals surface area (Å²) in [6.45, 7) is 2.44. The second kappa shape index (κ2) is 6.56. The highest BCUT2D eigenvalue weighted by Gasteiger charge is 2.27. The van der Waals surface area contributed by atoms with E-state index in [0.717, 1.165) is 0 Å². The van der Waals surface area contributed by atoms with Gasteiger partial charge in [0.25, 0.3) is 0 Å². The summed E-state index contributed by atoms with van der Waals surface area (Å²) < 4.78 is 25.2. The molecular weight excluding hydrogens is 264 g/mol. The van der Waals surface area contributed by atoms with Gasteiger partial charge in [-0.3, -0.25) is 4.79 Å². The predicted octanol–water partition coefficient (Wildman–Crippen LogP) is 0.546. The zero-order valence-corrected chi connectivity index (χ0v) is 11.6. The number of carbonyl (C=O) groups excluding carboxylic acids is 1. The molecule has 0 spiro atoms. The molecule has 0 radical (unpaired) electrons. The van der Waals surface area contributed by atoms with Crippen molar-refractivity contribution < 1.29 is 13.2 Å². The number of carbonyl (C=O) groups is 1. The second-order valence-electron chi connectivity index (χ2n) is 4.23. The van der Waals surface area contributed by atoms with Gasteiger partial charge in [-0.05, 0) is 19.3 Å². The molecule has 17 heavy (non-hydrogen) atoms. The number of nitrogens with one attached hydrogen (secondary N) is 1. The van der Waals surface area contributed by atoms with Crippen molar-refractivity contribution in [3.05, 3.63) is 0 Å². The maximum Gasteiger partial charge on any atom is 0.217 e. The fraction of sp³-hybridized carbons (Fsp3) is 0.900. The van der Waals surface area contributed by atoms with E-state index in [1.165, 1.54) is 11.2 Å². The SMILES string of the molecule is CC(=O)NC1CCN(S(=O)(=O)CCCCl)CC1. The summed E-state index contributed by atoms with van der Waals surface area (Å²) >= 11 is 5.50. The highest BCUT2D eigenvalue weighted by molar-refractivity contribution is 7.89. The quantitative estimate of drug-likeness (QED) is 0.749. The van der Waals surface area contributed by atoms with Crippen LogP contribution in [0.25, 0.3) is 0 Å². The minimum Gasteiger partial charge on any atom is -0.354 e. The van der Waals surface area contributed by atoms with Gasteiger partial charge in [-0.2, -0.15) is 0 Å². The first-order valence-corrected chi connectivity index (χ1v) is 7.91. The van der Waals surface area contributed by atoms with E-state index < -0.39 is 10.0 Å². The summed E-state index contributed by atoms with van der Waals surface area (Å²) in [7, 11) is -3.16. The largest absolute Gasteiger partial charge is 0.354 e. The monoisotopic (exact) mass is 282 g/mol. The van der Waals surface area contributed by atoms with Gasteiger partial charge in [0.15, 0.2) is 0 Å². The Morgan fingerprint density at radius 1 is 1.41 bits per heavy atom. The van der Waals surface area contributed by atoms with Crippen molar-refractivity contribution in [3.8, 4) is 0 Å². The normalized spacial score (nSPS) is 19.2. The molecule has 1 saturated heterocycles. The van der Waals surface area contributed by atoms with Crippen molar-refractivity contribution in [1.29, 1.82) is 0 Å². The minimum absolute atomic E-state index is 0.0616. The number of amides is 1. The summed E-state index contributed by atoms with van der Waals surface area (Å²) in [5.41, 5.74) is 0. The number of piperidine rings is 1. The van der Waals surface area contributed by atoms with Crippen LogP contribution < -0.4 is 5.32 Å². The smallest absolute Gasteiger partial charge is 0.217 e. The van der Waals surface area contributed by atoms with Crippen LogP contribution in [-0.4, -0.2) is 49.4 Å². The van der Waals surface area contributed by atoms with Crippen molar-refractivity contribution >= 4 is 27.5 Å². The van der Waals surface area contributed by atoms with Gasteiger partial charge in [0.05, 0.1) is 5.75 Å². The Labute approximate surface area is 108 Å². The predicted molar refractivity (Wildman–Crippen MR) is 67.5 cm³/mol. The highest BCUT2D eigenvalue weighted by Crippen LogP contribution is 2.15. The molecule has 0 bridgehead atoms. The summed E-state index contributed by atoms with van der Waals surface area (Å²) in [4.78, 5) is 10.9. The maximum atomic E-state index is 11.9. The van der Waals surface area contributed by atoms with Gasteiger partial charge in [0, 0.05) is 31.9 Å². The molecule has 7 heteroatoms. The van der Waals surface area contributed by atoms with Crippen LogP contribution in [0.1, 0.15) is 26.2 Å².